The summed E-state index contributed by atoms with van der Waals surface area (Å²) in [5.74, 6) is 0.811. The van der Waals surface area contributed by atoms with E-state index < -0.39 is 0 Å². The molecule has 1 heterocycles. The van der Waals surface area contributed by atoms with Crippen molar-refractivity contribution >= 4 is 5.91 Å². The van der Waals surface area contributed by atoms with Crippen LogP contribution in [-0.4, -0.2) is 30.4 Å². The molecule has 1 atom stereocenters. The molecule has 0 aromatic heterocycles. The number of piperidine rings is 1. The Labute approximate surface area is 122 Å². The fraction of sp³-hybridized carbons (Fsp3) is 0.588. The van der Waals surface area contributed by atoms with E-state index in [0.717, 1.165) is 26.2 Å². The van der Waals surface area contributed by atoms with Crippen molar-refractivity contribution < 1.29 is 4.79 Å². The number of benzene rings is 1. The molecule has 110 valence electrons. The van der Waals surface area contributed by atoms with Crippen molar-refractivity contribution in [3.05, 3.63) is 35.4 Å². The summed E-state index contributed by atoms with van der Waals surface area (Å²) in [5.41, 5.74) is 2.48. The fourth-order valence-electron chi connectivity index (χ4n) is 2.88. The van der Waals surface area contributed by atoms with Crippen molar-refractivity contribution in [3.8, 4) is 0 Å². The first kappa shape index (κ1) is 15.0. The minimum Gasteiger partial charge on any atom is -0.339 e. The molecule has 20 heavy (non-hydrogen) atoms. The third-order valence-corrected chi connectivity index (χ3v) is 4.05. The molecule has 1 aliphatic heterocycles. The molecule has 1 saturated heterocycles. The normalized spacial score (nSPS) is 18.8. The van der Waals surface area contributed by atoms with Crippen LogP contribution < -0.4 is 5.32 Å². The van der Waals surface area contributed by atoms with Crippen LogP contribution in [-0.2, 0) is 11.3 Å². The molecule has 1 aromatic rings. The lowest BCUT2D eigenvalue weighted by Crippen LogP contribution is -2.36. The molecular weight excluding hydrogens is 248 g/mol. The Morgan fingerprint density at radius 3 is 2.95 bits per heavy atom. The summed E-state index contributed by atoms with van der Waals surface area (Å²) in [4.78, 5) is 14.4. The van der Waals surface area contributed by atoms with Gasteiger partial charge in [-0.25, -0.2) is 0 Å². The monoisotopic (exact) mass is 274 g/mol. The Morgan fingerprint density at radius 1 is 1.45 bits per heavy atom. The van der Waals surface area contributed by atoms with E-state index in [1.165, 1.54) is 24.0 Å². The molecule has 3 nitrogen and oxygen atoms in total. The van der Waals surface area contributed by atoms with Crippen LogP contribution in [0.2, 0.25) is 0 Å². The summed E-state index contributed by atoms with van der Waals surface area (Å²) in [7, 11) is 0. The lowest BCUT2D eigenvalue weighted by atomic mass is 9.95. The zero-order chi connectivity index (χ0) is 14.4. The molecule has 1 aromatic carbocycles. The van der Waals surface area contributed by atoms with E-state index in [4.69, 9.17) is 0 Å². The third kappa shape index (κ3) is 4.34. The van der Waals surface area contributed by atoms with Gasteiger partial charge in [-0.15, -0.1) is 0 Å². The van der Waals surface area contributed by atoms with Crippen LogP contribution in [0.15, 0.2) is 24.3 Å². The van der Waals surface area contributed by atoms with Crippen molar-refractivity contribution in [1.82, 2.24) is 10.2 Å². The van der Waals surface area contributed by atoms with Gasteiger partial charge in [-0.3, -0.25) is 4.79 Å². The highest BCUT2D eigenvalue weighted by Gasteiger charge is 2.20. The molecule has 0 spiro atoms. The van der Waals surface area contributed by atoms with Crippen LogP contribution in [0.1, 0.15) is 37.3 Å². The van der Waals surface area contributed by atoms with Crippen molar-refractivity contribution in [2.24, 2.45) is 5.92 Å². The average Bonchev–Trinajstić information content (AvgIpc) is 2.46. The maximum atomic E-state index is 12.4. The molecule has 1 amide bonds. The summed E-state index contributed by atoms with van der Waals surface area (Å²) < 4.78 is 0. The number of amides is 1. The van der Waals surface area contributed by atoms with Gasteiger partial charge in [0.15, 0.2) is 0 Å². The Hall–Kier alpha value is -1.35. The Morgan fingerprint density at radius 2 is 2.30 bits per heavy atom. The summed E-state index contributed by atoms with van der Waals surface area (Å²) >= 11 is 0. The van der Waals surface area contributed by atoms with Crippen LogP contribution in [0.25, 0.3) is 0 Å². The minimum atomic E-state index is 0.294. The average molecular weight is 274 g/mol. The highest BCUT2D eigenvalue weighted by Crippen LogP contribution is 2.16. The van der Waals surface area contributed by atoms with Gasteiger partial charge in [-0.2, -0.15) is 0 Å². The largest absolute Gasteiger partial charge is 0.339 e. The van der Waals surface area contributed by atoms with Crippen LogP contribution in [0.3, 0.4) is 0 Å². The first-order valence-electron chi connectivity index (χ1n) is 7.73. The second kappa shape index (κ2) is 7.44. The van der Waals surface area contributed by atoms with Crippen molar-refractivity contribution in [2.75, 3.05) is 19.6 Å². The van der Waals surface area contributed by atoms with Gasteiger partial charge in [-0.1, -0.05) is 29.8 Å². The number of rotatable bonds is 5. The predicted octanol–water partition coefficient (Wildman–Crippen LogP) is 2.73. The number of carbonyl (C=O) groups excluding carboxylic acids is 1. The lowest BCUT2D eigenvalue weighted by molar-refractivity contribution is -0.132. The van der Waals surface area contributed by atoms with Crippen LogP contribution in [0.4, 0.5) is 0 Å². The fourth-order valence-corrected chi connectivity index (χ4v) is 2.88. The molecule has 3 heteroatoms. The van der Waals surface area contributed by atoms with E-state index in [-0.39, 0.29) is 0 Å². The Bertz CT molecular complexity index is 438. The quantitative estimate of drug-likeness (QED) is 0.895. The first-order chi connectivity index (χ1) is 9.69. The third-order valence-electron chi connectivity index (χ3n) is 4.05. The van der Waals surface area contributed by atoms with Crippen LogP contribution in [0.5, 0.6) is 0 Å². The summed E-state index contributed by atoms with van der Waals surface area (Å²) in [6.45, 7) is 7.77. The molecule has 1 fully saturated rings. The molecule has 0 radical (unpaired) electrons. The second-order valence-corrected chi connectivity index (χ2v) is 5.81. The van der Waals surface area contributed by atoms with Crippen molar-refractivity contribution in [2.45, 2.75) is 39.7 Å². The van der Waals surface area contributed by atoms with E-state index in [2.05, 4.69) is 43.4 Å². The topological polar surface area (TPSA) is 32.3 Å². The number of nitrogens with one attached hydrogen (secondary N) is 1. The van der Waals surface area contributed by atoms with Gasteiger partial charge in [0.05, 0.1) is 0 Å². The lowest BCUT2D eigenvalue weighted by Gasteiger charge is -2.26. The molecule has 0 aliphatic carbocycles. The van der Waals surface area contributed by atoms with Crippen molar-refractivity contribution in [1.29, 1.82) is 0 Å². The first-order valence-corrected chi connectivity index (χ1v) is 7.73. The number of aryl methyl sites for hydroxylation is 1. The zero-order valence-corrected chi connectivity index (χ0v) is 12.7. The van der Waals surface area contributed by atoms with E-state index in [9.17, 15) is 4.79 Å². The molecule has 0 bridgehead atoms. The maximum Gasteiger partial charge on any atom is 0.223 e. The van der Waals surface area contributed by atoms with Gasteiger partial charge in [-0.05, 0) is 51.3 Å². The zero-order valence-electron chi connectivity index (χ0n) is 12.7. The standard InChI is InChI=1S/C17H26N2O/c1-3-19(13-16-7-4-6-14(2)10-16)17(20)11-15-8-5-9-18-12-15/h4,6-7,10,15,18H,3,5,8-9,11-13H2,1-2H3. The molecule has 1 N–H and O–H groups in total. The minimum absolute atomic E-state index is 0.294. The Balaban J connectivity index is 1.91. The second-order valence-electron chi connectivity index (χ2n) is 5.81. The van der Waals surface area contributed by atoms with Gasteiger partial charge in [0.1, 0.15) is 0 Å². The summed E-state index contributed by atoms with van der Waals surface area (Å²) in [6.07, 6.45) is 3.06. The summed E-state index contributed by atoms with van der Waals surface area (Å²) in [6, 6.07) is 8.42. The summed E-state index contributed by atoms with van der Waals surface area (Å²) in [5, 5.41) is 3.38. The SMILES string of the molecule is CCN(Cc1cccc(C)c1)C(=O)CC1CCCNC1. The maximum absolute atomic E-state index is 12.4. The van der Waals surface area contributed by atoms with E-state index in [1.807, 2.05) is 4.90 Å². The molecule has 0 saturated carbocycles. The highest BCUT2D eigenvalue weighted by atomic mass is 16.2. The van der Waals surface area contributed by atoms with Gasteiger partial charge in [0.25, 0.3) is 0 Å². The number of hydrogen-bond donors (Lipinski definition) is 1. The van der Waals surface area contributed by atoms with E-state index >= 15 is 0 Å². The van der Waals surface area contributed by atoms with Crippen LogP contribution in [0, 0.1) is 12.8 Å². The highest BCUT2D eigenvalue weighted by molar-refractivity contribution is 5.76. The van der Waals surface area contributed by atoms with Crippen molar-refractivity contribution in [3.63, 3.8) is 0 Å². The molecular formula is C17H26N2O. The van der Waals surface area contributed by atoms with Gasteiger partial charge < -0.3 is 10.2 Å². The number of carbonyl (C=O) groups is 1. The smallest absolute Gasteiger partial charge is 0.223 e. The molecule has 1 aliphatic rings. The van der Waals surface area contributed by atoms with E-state index in [0.29, 0.717) is 18.2 Å². The van der Waals surface area contributed by atoms with Crippen LogP contribution >= 0.6 is 0 Å². The van der Waals surface area contributed by atoms with Gasteiger partial charge in [0.2, 0.25) is 5.91 Å². The van der Waals surface area contributed by atoms with E-state index in [1.54, 1.807) is 0 Å². The number of nitrogens with zero attached hydrogens (tertiary/aromatic N) is 1. The Kier molecular flexibility index (Phi) is 5.60. The predicted molar refractivity (Wildman–Crippen MR) is 82.5 cm³/mol. The molecule has 2 rings (SSSR count). The molecule has 1 unspecified atom stereocenters. The van der Waals surface area contributed by atoms with Gasteiger partial charge in [0, 0.05) is 19.5 Å². The number of hydrogen-bond acceptors (Lipinski definition) is 2. The van der Waals surface area contributed by atoms with Gasteiger partial charge >= 0.3 is 0 Å².